The summed E-state index contributed by atoms with van der Waals surface area (Å²) in [5, 5.41) is 4.73. The Kier molecular flexibility index (Phi) is 2.86. The monoisotopic (exact) mass is 292 g/mol. The molecule has 0 aliphatic carbocycles. The van der Waals surface area contributed by atoms with E-state index in [0.717, 1.165) is 6.20 Å². The van der Waals surface area contributed by atoms with Crippen LogP contribution in [0.25, 0.3) is 22.0 Å². The van der Waals surface area contributed by atoms with E-state index >= 15 is 0 Å². The van der Waals surface area contributed by atoms with Crippen molar-refractivity contribution in [3.05, 3.63) is 42.2 Å². The van der Waals surface area contributed by atoms with Crippen molar-refractivity contribution in [2.45, 2.75) is 6.18 Å². The van der Waals surface area contributed by atoms with Gasteiger partial charge in [-0.15, -0.1) is 0 Å². The van der Waals surface area contributed by atoms with Gasteiger partial charge < -0.3 is 5.73 Å². The van der Waals surface area contributed by atoms with E-state index in [2.05, 4.69) is 10.1 Å². The summed E-state index contributed by atoms with van der Waals surface area (Å²) in [4.78, 5) is 3.67. The molecule has 0 aliphatic heterocycles. The van der Waals surface area contributed by atoms with Crippen LogP contribution in [0.3, 0.4) is 0 Å². The van der Waals surface area contributed by atoms with Gasteiger partial charge in [-0.2, -0.15) is 18.3 Å². The lowest BCUT2D eigenvalue weighted by Gasteiger charge is -2.10. The molecule has 4 nitrogen and oxygen atoms in total. The van der Waals surface area contributed by atoms with E-state index in [1.807, 2.05) is 0 Å². The van der Waals surface area contributed by atoms with Gasteiger partial charge in [-0.1, -0.05) is 12.1 Å². The number of pyridine rings is 1. The Morgan fingerprint density at radius 1 is 1.14 bits per heavy atom. The third-order valence-corrected chi connectivity index (χ3v) is 3.28. The van der Waals surface area contributed by atoms with Crippen molar-refractivity contribution in [1.82, 2.24) is 14.8 Å². The van der Waals surface area contributed by atoms with Crippen LogP contribution in [0.5, 0.6) is 0 Å². The molecule has 0 saturated heterocycles. The normalized spacial score (nSPS) is 12.0. The maximum absolute atomic E-state index is 12.9. The molecule has 2 aromatic heterocycles. The van der Waals surface area contributed by atoms with Crippen LogP contribution in [0, 0.1) is 0 Å². The highest BCUT2D eigenvalue weighted by Gasteiger charge is 2.32. The molecule has 2 heterocycles. The summed E-state index contributed by atoms with van der Waals surface area (Å²) in [6.45, 7) is 0. The second-order valence-electron chi connectivity index (χ2n) is 4.70. The SMILES string of the molecule is Cn1nc(-c2ccc3c(C(F)(F)F)cncc3c2)cc1N. The van der Waals surface area contributed by atoms with Crippen LogP contribution in [-0.4, -0.2) is 14.8 Å². The first-order valence-corrected chi connectivity index (χ1v) is 6.11. The van der Waals surface area contributed by atoms with E-state index < -0.39 is 11.7 Å². The average Bonchev–Trinajstić information content (AvgIpc) is 2.76. The number of hydrogen-bond donors (Lipinski definition) is 1. The Morgan fingerprint density at radius 3 is 2.52 bits per heavy atom. The summed E-state index contributed by atoms with van der Waals surface area (Å²) >= 11 is 0. The number of aromatic nitrogens is 3. The predicted octanol–water partition coefficient (Wildman–Crippen LogP) is 3.24. The van der Waals surface area contributed by atoms with Crippen LogP contribution in [0.2, 0.25) is 0 Å². The number of alkyl halides is 3. The summed E-state index contributed by atoms with van der Waals surface area (Å²) in [6, 6.07) is 6.32. The first kappa shape index (κ1) is 13.4. The van der Waals surface area contributed by atoms with Crippen LogP contribution >= 0.6 is 0 Å². The van der Waals surface area contributed by atoms with Crippen LogP contribution in [0.1, 0.15) is 5.56 Å². The standard InChI is InChI=1S/C14H11F3N4/c1-21-13(18)5-12(20-21)8-2-3-10-9(4-8)6-19-7-11(10)14(15,16)17/h2-7H,18H2,1H3. The Morgan fingerprint density at radius 2 is 1.90 bits per heavy atom. The largest absolute Gasteiger partial charge is 0.418 e. The zero-order valence-electron chi connectivity index (χ0n) is 11.0. The van der Waals surface area contributed by atoms with Gasteiger partial charge in [0.15, 0.2) is 0 Å². The van der Waals surface area contributed by atoms with Crippen LogP contribution < -0.4 is 5.73 Å². The second-order valence-corrected chi connectivity index (χ2v) is 4.70. The van der Waals surface area contributed by atoms with Gasteiger partial charge in [-0.05, 0) is 11.5 Å². The summed E-state index contributed by atoms with van der Waals surface area (Å²) in [5.41, 5.74) is 6.26. The molecule has 2 N–H and O–H groups in total. The van der Waals surface area contributed by atoms with Gasteiger partial charge in [-0.3, -0.25) is 9.67 Å². The molecule has 3 rings (SSSR count). The molecular formula is C14H11F3N4. The van der Waals surface area contributed by atoms with Crippen molar-refractivity contribution >= 4 is 16.6 Å². The zero-order chi connectivity index (χ0) is 15.2. The Labute approximate surface area is 118 Å². The minimum atomic E-state index is -4.43. The van der Waals surface area contributed by atoms with E-state index in [9.17, 15) is 13.2 Å². The predicted molar refractivity (Wildman–Crippen MR) is 73.4 cm³/mol. The number of aryl methyl sites for hydroxylation is 1. The highest BCUT2D eigenvalue weighted by molar-refractivity contribution is 5.89. The second kappa shape index (κ2) is 4.47. The molecular weight excluding hydrogens is 281 g/mol. The van der Waals surface area contributed by atoms with E-state index in [1.54, 1.807) is 25.2 Å². The summed E-state index contributed by atoms with van der Waals surface area (Å²) in [7, 11) is 1.70. The number of halogens is 3. The number of anilines is 1. The molecule has 108 valence electrons. The number of fused-ring (bicyclic) bond motifs is 1. The lowest BCUT2D eigenvalue weighted by atomic mass is 10.0. The minimum absolute atomic E-state index is 0.116. The van der Waals surface area contributed by atoms with Crippen molar-refractivity contribution in [3.8, 4) is 11.3 Å². The van der Waals surface area contributed by atoms with Gasteiger partial charge in [0.1, 0.15) is 5.82 Å². The van der Waals surface area contributed by atoms with Gasteiger partial charge in [0.25, 0.3) is 0 Å². The van der Waals surface area contributed by atoms with Crippen molar-refractivity contribution < 1.29 is 13.2 Å². The smallest absolute Gasteiger partial charge is 0.384 e. The maximum Gasteiger partial charge on any atom is 0.418 e. The zero-order valence-corrected chi connectivity index (χ0v) is 11.0. The van der Waals surface area contributed by atoms with Gasteiger partial charge >= 0.3 is 6.18 Å². The Hall–Kier alpha value is -2.57. The van der Waals surface area contributed by atoms with Gasteiger partial charge in [0.2, 0.25) is 0 Å². The van der Waals surface area contributed by atoms with Crippen LogP contribution in [0.4, 0.5) is 19.0 Å². The molecule has 1 aromatic carbocycles. The highest BCUT2D eigenvalue weighted by Crippen LogP contribution is 2.35. The molecule has 7 heteroatoms. The molecule has 0 spiro atoms. The molecule has 0 radical (unpaired) electrons. The molecule has 0 unspecified atom stereocenters. The summed E-state index contributed by atoms with van der Waals surface area (Å²) in [5.74, 6) is 0.479. The molecule has 21 heavy (non-hydrogen) atoms. The topological polar surface area (TPSA) is 56.7 Å². The molecule has 0 amide bonds. The quantitative estimate of drug-likeness (QED) is 0.749. The van der Waals surface area contributed by atoms with Crippen LogP contribution in [0.15, 0.2) is 36.7 Å². The Bertz CT molecular complexity index is 801. The van der Waals surface area contributed by atoms with Gasteiger partial charge in [-0.25, -0.2) is 0 Å². The first-order valence-electron chi connectivity index (χ1n) is 6.11. The fourth-order valence-corrected chi connectivity index (χ4v) is 2.18. The molecule has 0 atom stereocenters. The van der Waals surface area contributed by atoms with Gasteiger partial charge in [0.05, 0.1) is 11.3 Å². The van der Waals surface area contributed by atoms with Crippen molar-refractivity contribution in [2.75, 3.05) is 5.73 Å². The third-order valence-electron chi connectivity index (χ3n) is 3.28. The molecule has 3 aromatic rings. The molecule has 0 fully saturated rings. The lowest BCUT2D eigenvalue weighted by molar-refractivity contribution is -0.136. The van der Waals surface area contributed by atoms with Gasteiger partial charge in [0, 0.05) is 36.5 Å². The summed E-state index contributed by atoms with van der Waals surface area (Å²) in [6.07, 6.45) is -2.19. The van der Waals surface area contributed by atoms with E-state index in [0.29, 0.717) is 22.5 Å². The fraction of sp³-hybridized carbons (Fsp3) is 0.143. The molecule has 0 aliphatic rings. The molecule has 0 saturated carbocycles. The maximum atomic E-state index is 12.9. The van der Waals surface area contributed by atoms with E-state index in [1.165, 1.54) is 16.9 Å². The summed E-state index contributed by atoms with van der Waals surface area (Å²) < 4.78 is 40.3. The number of nitrogens with zero attached hydrogens (tertiary/aromatic N) is 3. The van der Waals surface area contributed by atoms with E-state index in [4.69, 9.17) is 5.73 Å². The van der Waals surface area contributed by atoms with E-state index in [-0.39, 0.29) is 5.39 Å². The number of benzene rings is 1. The fourth-order valence-electron chi connectivity index (χ4n) is 2.18. The number of nitrogens with two attached hydrogens (primary N) is 1. The van der Waals surface area contributed by atoms with Crippen molar-refractivity contribution in [3.63, 3.8) is 0 Å². The first-order chi connectivity index (χ1) is 9.86. The van der Waals surface area contributed by atoms with Crippen molar-refractivity contribution in [2.24, 2.45) is 7.05 Å². The molecule has 0 bridgehead atoms. The number of hydrogen-bond acceptors (Lipinski definition) is 3. The Balaban J connectivity index is 2.18. The number of rotatable bonds is 1. The van der Waals surface area contributed by atoms with Crippen molar-refractivity contribution in [1.29, 1.82) is 0 Å². The van der Waals surface area contributed by atoms with Crippen LogP contribution in [-0.2, 0) is 13.2 Å². The lowest BCUT2D eigenvalue weighted by Crippen LogP contribution is -2.06. The minimum Gasteiger partial charge on any atom is -0.384 e. The highest BCUT2D eigenvalue weighted by atomic mass is 19.4. The number of nitrogen functional groups attached to an aromatic ring is 1. The average molecular weight is 292 g/mol. The third kappa shape index (κ3) is 2.31.